The van der Waals surface area contributed by atoms with E-state index in [0.717, 1.165) is 8.66 Å². The van der Waals surface area contributed by atoms with E-state index in [9.17, 15) is 4.79 Å². The Morgan fingerprint density at radius 2 is 2.04 bits per heavy atom. The summed E-state index contributed by atoms with van der Waals surface area (Å²) in [6.45, 7) is 1.24. The van der Waals surface area contributed by atoms with E-state index >= 15 is 0 Å². The van der Waals surface area contributed by atoms with Gasteiger partial charge in [0.15, 0.2) is 5.82 Å². The number of nitrogens with zero attached hydrogens (tertiary/aromatic N) is 3. The van der Waals surface area contributed by atoms with Crippen molar-refractivity contribution >= 4 is 39.1 Å². The Morgan fingerprint density at radius 3 is 2.75 bits per heavy atom. The van der Waals surface area contributed by atoms with Gasteiger partial charge < -0.3 is 4.90 Å². The third-order valence-electron chi connectivity index (χ3n) is 3.43. The zero-order chi connectivity index (χ0) is 16.9. The van der Waals surface area contributed by atoms with Crippen LogP contribution in [0.2, 0.25) is 0 Å². The lowest BCUT2D eigenvalue weighted by Crippen LogP contribution is -2.30. The number of nitrogens with one attached hydrogen (secondary N) is 1. The maximum Gasteiger partial charge on any atom is 0.323 e. The van der Waals surface area contributed by atoms with Gasteiger partial charge in [0, 0.05) is 24.2 Å². The summed E-state index contributed by atoms with van der Waals surface area (Å²) >= 11 is 5.05. The first-order chi connectivity index (χ1) is 11.6. The van der Waals surface area contributed by atoms with E-state index in [-0.39, 0.29) is 6.03 Å². The van der Waals surface area contributed by atoms with Crippen LogP contribution in [0.1, 0.15) is 10.4 Å². The van der Waals surface area contributed by atoms with Crippen LogP contribution in [-0.2, 0) is 13.1 Å². The fourth-order valence-electron chi connectivity index (χ4n) is 2.23. The van der Waals surface area contributed by atoms with Crippen LogP contribution in [0.5, 0.6) is 0 Å². The number of carbonyl (C=O) groups is 1. The summed E-state index contributed by atoms with van der Waals surface area (Å²) in [5.74, 6) is 0.551. The number of urea groups is 1. The number of thiophene rings is 1. The van der Waals surface area contributed by atoms with Crippen LogP contribution in [0.4, 0.5) is 10.6 Å². The normalized spacial score (nSPS) is 10.6. The monoisotopic (exact) mass is 404 g/mol. The fraction of sp³-hybridized carbons (Fsp3) is 0.176. The molecule has 0 spiro atoms. The molecule has 124 valence electrons. The molecule has 0 unspecified atom stereocenters. The number of benzene rings is 1. The Morgan fingerprint density at radius 1 is 1.25 bits per heavy atom. The van der Waals surface area contributed by atoms with Crippen molar-refractivity contribution < 1.29 is 4.79 Å². The highest BCUT2D eigenvalue weighted by molar-refractivity contribution is 9.11. The van der Waals surface area contributed by atoms with Crippen molar-refractivity contribution in [2.45, 2.75) is 13.1 Å². The number of rotatable bonds is 5. The van der Waals surface area contributed by atoms with Gasteiger partial charge >= 0.3 is 6.03 Å². The minimum atomic E-state index is -0.176. The lowest BCUT2D eigenvalue weighted by Gasteiger charge is -2.16. The molecule has 1 aromatic carbocycles. The minimum absolute atomic E-state index is 0.176. The van der Waals surface area contributed by atoms with E-state index in [0.29, 0.717) is 18.9 Å². The average molecular weight is 405 g/mol. The number of hydrogen-bond donors (Lipinski definition) is 1. The van der Waals surface area contributed by atoms with E-state index in [1.165, 1.54) is 5.56 Å². The van der Waals surface area contributed by atoms with Crippen LogP contribution in [0.15, 0.2) is 58.5 Å². The molecule has 3 rings (SSSR count). The van der Waals surface area contributed by atoms with Crippen LogP contribution in [0.25, 0.3) is 0 Å². The van der Waals surface area contributed by atoms with Gasteiger partial charge in [-0.05, 0) is 33.6 Å². The zero-order valence-electron chi connectivity index (χ0n) is 13.1. The summed E-state index contributed by atoms with van der Waals surface area (Å²) in [4.78, 5) is 15.0. The summed E-state index contributed by atoms with van der Waals surface area (Å²) < 4.78 is 2.87. The predicted octanol–water partition coefficient (Wildman–Crippen LogP) is 4.42. The highest BCUT2D eigenvalue weighted by atomic mass is 79.9. The molecular formula is C17H17BrN4OS. The Balaban J connectivity index is 1.56. The van der Waals surface area contributed by atoms with Crippen LogP contribution in [0.3, 0.4) is 0 Å². The van der Waals surface area contributed by atoms with Crippen molar-refractivity contribution in [3.8, 4) is 0 Å². The van der Waals surface area contributed by atoms with Crippen molar-refractivity contribution in [3.63, 3.8) is 0 Å². The SMILES string of the molecule is CN(Cc1ccc(Br)s1)C(=O)Nc1ccn(Cc2ccccc2)n1. The second kappa shape index (κ2) is 7.63. The summed E-state index contributed by atoms with van der Waals surface area (Å²) in [6.07, 6.45) is 1.86. The largest absolute Gasteiger partial charge is 0.323 e. The Labute approximate surface area is 153 Å². The zero-order valence-corrected chi connectivity index (χ0v) is 15.5. The molecule has 7 heteroatoms. The molecule has 2 heterocycles. The Kier molecular flexibility index (Phi) is 5.32. The minimum Gasteiger partial charge on any atom is -0.322 e. The fourth-order valence-corrected chi connectivity index (χ4v) is 3.77. The van der Waals surface area contributed by atoms with Crippen LogP contribution in [0, 0.1) is 0 Å². The molecule has 3 aromatic rings. The van der Waals surface area contributed by atoms with E-state index in [1.807, 2.05) is 48.7 Å². The highest BCUT2D eigenvalue weighted by Gasteiger charge is 2.12. The smallest absolute Gasteiger partial charge is 0.322 e. The number of amides is 2. The van der Waals surface area contributed by atoms with Gasteiger partial charge in [0.1, 0.15) is 0 Å². The van der Waals surface area contributed by atoms with Gasteiger partial charge in [-0.1, -0.05) is 30.3 Å². The molecule has 2 amide bonds. The first-order valence-electron chi connectivity index (χ1n) is 7.44. The van der Waals surface area contributed by atoms with Crippen molar-refractivity contribution in [2.75, 3.05) is 12.4 Å². The lowest BCUT2D eigenvalue weighted by atomic mass is 10.2. The molecule has 0 atom stereocenters. The molecule has 0 aliphatic heterocycles. The molecule has 5 nitrogen and oxygen atoms in total. The number of carbonyl (C=O) groups excluding carboxylic acids is 1. The molecule has 0 fully saturated rings. The van der Waals surface area contributed by atoms with E-state index in [4.69, 9.17) is 0 Å². The second-order valence-electron chi connectivity index (χ2n) is 5.38. The third kappa shape index (κ3) is 4.46. The van der Waals surface area contributed by atoms with E-state index in [2.05, 4.69) is 26.3 Å². The molecule has 0 saturated carbocycles. The summed E-state index contributed by atoms with van der Waals surface area (Å²) in [5.41, 5.74) is 1.17. The van der Waals surface area contributed by atoms with Crippen molar-refractivity contribution in [3.05, 3.63) is 69.0 Å². The summed E-state index contributed by atoms with van der Waals surface area (Å²) in [6, 6.07) is 15.7. The van der Waals surface area contributed by atoms with Gasteiger partial charge in [0.05, 0.1) is 16.9 Å². The first kappa shape index (κ1) is 16.7. The van der Waals surface area contributed by atoms with Gasteiger partial charge in [0.2, 0.25) is 0 Å². The van der Waals surface area contributed by atoms with Crippen LogP contribution < -0.4 is 5.32 Å². The van der Waals surface area contributed by atoms with Crippen molar-refractivity contribution in [2.24, 2.45) is 0 Å². The third-order valence-corrected chi connectivity index (χ3v) is 5.04. The molecule has 1 N–H and O–H groups in total. The molecule has 2 aromatic heterocycles. The Bertz CT molecular complexity index is 815. The van der Waals surface area contributed by atoms with Crippen LogP contribution in [-0.4, -0.2) is 27.8 Å². The topological polar surface area (TPSA) is 50.2 Å². The van der Waals surface area contributed by atoms with Gasteiger partial charge in [0.25, 0.3) is 0 Å². The standard InChI is InChI=1S/C17H17BrN4OS/c1-21(12-14-7-8-15(18)24-14)17(23)19-16-9-10-22(20-16)11-13-5-3-2-4-6-13/h2-10H,11-12H2,1H3,(H,19,20,23). The number of halogens is 1. The molecule has 0 bridgehead atoms. The quantitative estimate of drug-likeness (QED) is 0.683. The second-order valence-corrected chi connectivity index (χ2v) is 7.92. The number of aromatic nitrogens is 2. The molecule has 24 heavy (non-hydrogen) atoms. The van der Waals surface area contributed by atoms with Crippen molar-refractivity contribution in [1.82, 2.24) is 14.7 Å². The molecule has 0 aliphatic carbocycles. The van der Waals surface area contributed by atoms with Crippen molar-refractivity contribution in [1.29, 1.82) is 0 Å². The molecular weight excluding hydrogens is 388 g/mol. The first-order valence-corrected chi connectivity index (χ1v) is 9.05. The maximum absolute atomic E-state index is 12.2. The number of anilines is 1. The van der Waals surface area contributed by atoms with Gasteiger partial charge in [-0.25, -0.2) is 4.79 Å². The van der Waals surface area contributed by atoms with Gasteiger partial charge in [-0.2, -0.15) is 5.10 Å². The molecule has 0 radical (unpaired) electrons. The van der Waals surface area contributed by atoms with E-state index in [1.54, 1.807) is 34.0 Å². The molecule has 0 saturated heterocycles. The summed E-state index contributed by atoms with van der Waals surface area (Å²) in [5, 5.41) is 7.22. The van der Waals surface area contributed by atoms with E-state index < -0.39 is 0 Å². The average Bonchev–Trinajstić information content (AvgIpc) is 3.17. The van der Waals surface area contributed by atoms with Gasteiger partial charge in [-0.15, -0.1) is 11.3 Å². The highest BCUT2D eigenvalue weighted by Crippen LogP contribution is 2.23. The number of hydrogen-bond acceptors (Lipinski definition) is 3. The predicted molar refractivity (Wildman–Crippen MR) is 100 cm³/mol. The van der Waals surface area contributed by atoms with Crippen LogP contribution >= 0.6 is 27.3 Å². The maximum atomic E-state index is 12.2. The summed E-state index contributed by atoms with van der Waals surface area (Å²) in [7, 11) is 1.77. The lowest BCUT2D eigenvalue weighted by molar-refractivity contribution is 0.221. The Hall–Kier alpha value is -2.12. The molecule has 0 aliphatic rings. The van der Waals surface area contributed by atoms with Gasteiger partial charge in [-0.3, -0.25) is 10.00 Å².